The Bertz CT molecular complexity index is 241. The molecule has 1 rings (SSSR count). The quantitative estimate of drug-likeness (QED) is 0.800. The van der Waals surface area contributed by atoms with Gasteiger partial charge in [0.25, 0.3) is 0 Å². The topological polar surface area (TPSA) is 26.0 Å². The van der Waals surface area contributed by atoms with Crippen LogP contribution in [-0.2, 0) is 0 Å². The molecule has 0 aliphatic rings. The van der Waals surface area contributed by atoms with Crippen LogP contribution in [0.25, 0.3) is 6.08 Å². The van der Waals surface area contributed by atoms with Crippen LogP contribution in [0.5, 0.6) is 0 Å². The first-order chi connectivity index (χ1) is 5.33. The lowest BCUT2D eigenvalue weighted by atomic mass is 10.2. The van der Waals surface area contributed by atoms with Crippen LogP contribution in [0, 0.1) is 0 Å². The maximum atomic E-state index is 5.40. The van der Waals surface area contributed by atoms with Crippen LogP contribution >= 0.6 is 15.9 Å². The lowest BCUT2D eigenvalue weighted by Crippen LogP contribution is -1.96. The minimum Gasteiger partial charge on any atom is -0.326 e. The fourth-order valence-electron chi connectivity index (χ4n) is 0.789. The average Bonchev–Trinajstić information content (AvgIpc) is 2.06. The third kappa shape index (κ3) is 2.87. The SMILES string of the molecule is NCC(Br)=Cc1ccccc1. The van der Waals surface area contributed by atoms with E-state index in [0.29, 0.717) is 6.54 Å². The van der Waals surface area contributed by atoms with E-state index in [9.17, 15) is 0 Å². The van der Waals surface area contributed by atoms with E-state index in [0.717, 1.165) is 4.48 Å². The number of hydrogen-bond acceptors (Lipinski definition) is 1. The van der Waals surface area contributed by atoms with E-state index >= 15 is 0 Å². The molecule has 0 aliphatic heterocycles. The fraction of sp³-hybridized carbons (Fsp3) is 0.111. The molecule has 1 aromatic rings. The molecular formula is C9H10BrN. The van der Waals surface area contributed by atoms with E-state index in [1.54, 1.807) is 0 Å². The molecule has 0 aromatic heterocycles. The molecule has 0 heterocycles. The molecule has 0 amide bonds. The Hall–Kier alpha value is -0.600. The van der Waals surface area contributed by atoms with Gasteiger partial charge in [0.1, 0.15) is 0 Å². The monoisotopic (exact) mass is 211 g/mol. The van der Waals surface area contributed by atoms with Gasteiger partial charge in [-0.1, -0.05) is 46.3 Å². The van der Waals surface area contributed by atoms with Crippen molar-refractivity contribution in [3.63, 3.8) is 0 Å². The zero-order chi connectivity index (χ0) is 8.10. The Morgan fingerprint density at radius 3 is 2.55 bits per heavy atom. The van der Waals surface area contributed by atoms with Crippen LogP contribution in [-0.4, -0.2) is 6.54 Å². The third-order valence-corrected chi connectivity index (χ3v) is 1.87. The largest absolute Gasteiger partial charge is 0.326 e. The minimum absolute atomic E-state index is 0.550. The smallest absolute Gasteiger partial charge is 0.0245 e. The second kappa shape index (κ2) is 4.31. The van der Waals surface area contributed by atoms with Crippen molar-refractivity contribution < 1.29 is 0 Å². The summed E-state index contributed by atoms with van der Waals surface area (Å²) in [5.74, 6) is 0. The summed E-state index contributed by atoms with van der Waals surface area (Å²) in [6.45, 7) is 0.550. The Labute approximate surface area is 75.0 Å². The van der Waals surface area contributed by atoms with Gasteiger partial charge in [-0.25, -0.2) is 0 Å². The second-order valence-electron chi connectivity index (χ2n) is 2.21. The average molecular weight is 212 g/mol. The van der Waals surface area contributed by atoms with Gasteiger partial charge in [-0.2, -0.15) is 0 Å². The van der Waals surface area contributed by atoms with Crippen molar-refractivity contribution in [3.8, 4) is 0 Å². The highest BCUT2D eigenvalue weighted by atomic mass is 79.9. The van der Waals surface area contributed by atoms with E-state index in [1.807, 2.05) is 36.4 Å². The molecule has 2 N–H and O–H groups in total. The van der Waals surface area contributed by atoms with Gasteiger partial charge < -0.3 is 5.73 Å². The molecular weight excluding hydrogens is 202 g/mol. The predicted octanol–water partition coefficient (Wildman–Crippen LogP) is 2.38. The van der Waals surface area contributed by atoms with Gasteiger partial charge in [-0.05, 0) is 11.6 Å². The summed E-state index contributed by atoms with van der Waals surface area (Å²) >= 11 is 3.35. The highest BCUT2D eigenvalue weighted by Crippen LogP contribution is 2.09. The van der Waals surface area contributed by atoms with E-state index < -0.39 is 0 Å². The summed E-state index contributed by atoms with van der Waals surface area (Å²) < 4.78 is 1.02. The number of rotatable bonds is 2. The van der Waals surface area contributed by atoms with Gasteiger partial charge in [0.2, 0.25) is 0 Å². The molecule has 1 aromatic carbocycles. The van der Waals surface area contributed by atoms with Crippen molar-refractivity contribution in [2.45, 2.75) is 0 Å². The highest BCUT2D eigenvalue weighted by molar-refractivity contribution is 9.11. The van der Waals surface area contributed by atoms with Crippen molar-refractivity contribution in [2.24, 2.45) is 5.73 Å². The first kappa shape index (κ1) is 8.50. The first-order valence-corrected chi connectivity index (χ1v) is 4.23. The maximum Gasteiger partial charge on any atom is 0.0245 e. The van der Waals surface area contributed by atoms with Crippen molar-refractivity contribution >= 4 is 22.0 Å². The van der Waals surface area contributed by atoms with Gasteiger partial charge >= 0.3 is 0 Å². The second-order valence-corrected chi connectivity index (χ2v) is 3.22. The summed E-state index contributed by atoms with van der Waals surface area (Å²) in [7, 11) is 0. The third-order valence-electron chi connectivity index (χ3n) is 1.32. The van der Waals surface area contributed by atoms with Gasteiger partial charge in [0.15, 0.2) is 0 Å². The van der Waals surface area contributed by atoms with Crippen molar-refractivity contribution in [1.29, 1.82) is 0 Å². The number of halogens is 1. The van der Waals surface area contributed by atoms with Gasteiger partial charge in [0.05, 0.1) is 0 Å². The predicted molar refractivity (Wildman–Crippen MR) is 52.4 cm³/mol. The molecule has 0 spiro atoms. The zero-order valence-electron chi connectivity index (χ0n) is 6.13. The van der Waals surface area contributed by atoms with Gasteiger partial charge in [-0.3, -0.25) is 0 Å². The molecule has 1 nitrogen and oxygen atoms in total. The first-order valence-electron chi connectivity index (χ1n) is 3.44. The molecule has 0 saturated carbocycles. The van der Waals surface area contributed by atoms with Crippen LogP contribution in [0.3, 0.4) is 0 Å². The normalized spacial score (nSPS) is 11.6. The lowest BCUT2D eigenvalue weighted by molar-refractivity contribution is 1.25. The summed E-state index contributed by atoms with van der Waals surface area (Å²) in [5.41, 5.74) is 6.58. The number of nitrogens with two attached hydrogens (primary N) is 1. The van der Waals surface area contributed by atoms with Crippen LogP contribution in [0.1, 0.15) is 5.56 Å². The Balaban J connectivity index is 2.79. The van der Waals surface area contributed by atoms with Gasteiger partial charge in [-0.15, -0.1) is 0 Å². The lowest BCUT2D eigenvalue weighted by Gasteiger charge is -1.93. The van der Waals surface area contributed by atoms with Crippen molar-refractivity contribution in [1.82, 2.24) is 0 Å². The van der Waals surface area contributed by atoms with Crippen molar-refractivity contribution in [3.05, 3.63) is 40.4 Å². The van der Waals surface area contributed by atoms with E-state index in [4.69, 9.17) is 5.73 Å². The van der Waals surface area contributed by atoms with Crippen molar-refractivity contribution in [2.75, 3.05) is 6.54 Å². The standard InChI is InChI=1S/C9H10BrN/c10-9(7-11)6-8-4-2-1-3-5-8/h1-6H,7,11H2. The van der Waals surface area contributed by atoms with E-state index in [1.165, 1.54) is 5.56 Å². The minimum atomic E-state index is 0.550. The molecule has 0 saturated heterocycles. The molecule has 0 radical (unpaired) electrons. The summed E-state index contributed by atoms with van der Waals surface area (Å²) in [5, 5.41) is 0. The summed E-state index contributed by atoms with van der Waals surface area (Å²) in [6.07, 6.45) is 2.01. The molecule has 0 bridgehead atoms. The summed E-state index contributed by atoms with van der Waals surface area (Å²) in [6, 6.07) is 10.1. The molecule has 11 heavy (non-hydrogen) atoms. The summed E-state index contributed by atoms with van der Waals surface area (Å²) in [4.78, 5) is 0. The molecule has 0 aliphatic carbocycles. The maximum absolute atomic E-state index is 5.40. The molecule has 58 valence electrons. The van der Waals surface area contributed by atoms with Crippen LogP contribution in [0.4, 0.5) is 0 Å². The number of benzene rings is 1. The van der Waals surface area contributed by atoms with Gasteiger partial charge in [0, 0.05) is 11.0 Å². The Kier molecular flexibility index (Phi) is 3.33. The zero-order valence-corrected chi connectivity index (χ0v) is 7.71. The van der Waals surface area contributed by atoms with E-state index in [2.05, 4.69) is 15.9 Å². The number of hydrogen-bond donors (Lipinski definition) is 1. The molecule has 0 fully saturated rings. The Morgan fingerprint density at radius 2 is 2.00 bits per heavy atom. The highest BCUT2D eigenvalue weighted by Gasteiger charge is 1.87. The molecule has 2 heteroatoms. The molecule has 0 atom stereocenters. The fourth-order valence-corrected chi connectivity index (χ4v) is 1.05. The molecule has 0 unspecified atom stereocenters. The Morgan fingerprint density at radius 1 is 1.36 bits per heavy atom. The van der Waals surface area contributed by atoms with Crippen LogP contribution < -0.4 is 5.73 Å². The van der Waals surface area contributed by atoms with Crippen LogP contribution in [0.2, 0.25) is 0 Å². The van der Waals surface area contributed by atoms with Crippen LogP contribution in [0.15, 0.2) is 34.8 Å². The van der Waals surface area contributed by atoms with E-state index in [-0.39, 0.29) is 0 Å².